The van der Waals surface area contributed by atoms with Gasteiger partial charge in [0.15, 0.2) is 11.4 Å². The molecular formula is C16H11ClO3. The monoisotopic (exact) mass is 286 g/mol. The summed E-state index contributed by atoms with van der Waals surface area (Å²) in [6, 6.07) is 12.3. The number of furan rings is 1. The van der Waals surface area contributed by atoms with Crippen LogP contribution in [0.1, 0.15) is 15.9 Å². The van der Waals surface area contributed by atoms with Crippen molar-refractivity contribution in [1.29, 1.82) is 0 Å². The highest BCUT2D eigenvalue weighted by molar-refractivity contribution is 6.35. The van der Waals surface area contributed by atoms with E-state index in [1.807, 2.05) is 6.07 Å². The van der Waals surface area contributed by atoms with Crippen LogP contribution in [0.5, 0.6) is 5.75 Å². The summed E-state index contributed by atoms with van der Waals surface area (Å²) in [4.78, 5) is 12.5. The zero-order chi connectivity index (χ0) is 14.1. The molecule has 0 radical (unpaired) electrons. The van der Waals surface area contributed by atoms with Crippen LogP contribution in [-0.4, -0.2) is 12.9 Å². The summed E-state index contributed by atoms with van der Waals surface area (Å²) >= 11 is 6.04. The van der Waals surface area contributed by atoms with Crippen LogP contribution < -0.4 is 4.74 Å². The van der Waals surface area contributed by atoms with Crippen LogP contribution >= 0.6 is 11.6 Å². The molecule has 0 saturated carbocycles. The Balaban J connectivity index is 2.06. The van der Waals surface area contributed by atoms with Gasteiger partial charge < -0.3 is 9.15 Å². The normalized spacial score (nSPS) is 10.7. The van der Waals surface area contributed by atoms with Gasteiger partial charge in [-0.1, -0.05) is 23.7 Å². The van der Waals surface area contributed by atoms with Crippen LogP contribution in [0.2, 0.25) is 5.02 Å². The largest absolute Gasteiger partial charge is 0.497 e. The number of methoxy groups -OCH3 is 1. The molecule has 0 aliphatic carbocycles. The van der Waals surface area contributed by atoms with Crippen LogP contribution in [0.4, 0.5) is 0 Å². The van der Waals surface area contributed by atoms with Crippen molar-refractivity contribution in [3.63, 3.8) is 0 Å². The van der Waals surface area contributed by atoms with Crippen LogP contribution in [0, 0.1) is 0 Å². The summed E-state index contributed by atoms with van der Waals surface area (Å²) in [5.74, 6) is 0.607. The fourth-order valence-corrected chi connectivity index (χ4v) is 2.31. The first-order chi connectivity index (χ1) is 9.70. The highest BCUT2D eigenvalue weighted by Crippen LogP contribution is 2.29. The van der Waals surface area contributed by atoms with Gasteiger partial charge in [0.05, 0.1) is 17.7 Å². The average Bonchev–Trinajstić information content (AvgIpc) is 2.92. The van der Waals surface area contributed by atoms with Crippen LogP contribution in [0.3, 0.4) is 0 Å². The molecule has 0 N–H and O–H groups in total. The Morgan fingerprint density at radius 3 is 2.60 bits per heavy atom. The molecule has 0 spiro atoms. The van der Waals surface area contributed by atoms with Gasteiger partial charge in [-0.05, 0) is 30.3 Å². The van der Waals surface area contributed by atoms with Gasteiger partial charge in [-0.3, -0.25) is 4.79 Å². The molecule has 2 aromatic carbocycles. The minimum absolute atomic E-state index is 0.103. The summed E-state index contributed by atoms with van der Waals surface area (Å²) < 4.78 is 10.5. The first-order valence-electron chi connectivity index (χ1n) is 6.05. The number of para-hydroxylation sites is 1. The maximum Gasteiger partial charge on any atom is 0.196 e. The lowest BCUT2D eigenvalue weighted by Crippen LogP contribution is -2.00. The fraction of sp³-hybridized carbons (Fsp3) is 0.0625. The number of carbonyl (C=O) groups is 1. The van der Waals surface area contributed by atoms with Crippen molar-refractivity contribution in [2.45, 2.75) is 0 Å². The number of ether oxygens (including phenoxy) is 1. The Kier molecular flexibility index (Phi) is 3.20. The van der Waals surface area contributed by atoms with E-state index in [9.17, 15) is 4.79 Å². The SMILES string of the molecule is COc1ccc(C(=O)c2coc3c(Cl)cccc23)cc1. The molecule has 0 bridgehead atoms. The predicted octanol–water partition coefficient (Wildman–Crippen LogP) is 4.33. The third kappa shape index (κ3) is 2.06. The number of hydrogen-bond donors (Lipinski definition) is 0. The summed E-state index contributed by atoms with van der Waals surface area (Å²) in [5.41, 5.74) is 1.62. The third-order valence-electron chi connectivity index (χ3n) is 3.15. The number of hydrogen-bond acceptors (Lipinski definition) is 3. The molecule has 3 nitrogen and oxygen atoms in total. The van der Waals surface area contributed by atoms with Gasteiger partial charge in [0.2, 0.25) is 0 Å². The van der Waals surface area contributed by atoms with E-state index < -0.39 is 0 Å². The second-order valence-electron chi connectivity index (χ2n) is 4.32. The number of benzene rings is 2. The van der Waals surface area contributed by atoms with Crippen molar-refractivity contribution in [2.24, 2.45) is 0 Å². The Labute approximate surface area is 120 Å². The molecule has 100 valence electrons. The van der Waals surface area contributed by atoms with Crippen LogP contribution in [-0.2, 0) is 0 Å². The zero-order valence-corrected chi connectivity index (χ0v) is 11.5. The van der Waals surface area contributed by atoms with Crippen LogP contribution in [0.25, 0.3) is 11.0 Å². The topological polar surface area (TPSA) is 39.4 Å². The first kappa shape index (κ1) is 12.8. The van der Waals surface area contributed by atoms with Gasteiger partial charge in [-0.15, -0.1) is 0 Å². The van der Waals surface area contributed by atoms with E-state index >= 15 is 0 Å². The molecule has 0 saturated heterocycles. The van der Waals surface area contributed by atoms with E-state index in [1.165, 1.54) is 6.26 Å². The van der Waals surface area contributed by atoms with E-state index in [2.05, 4.69) is 0 Å². The van der Waals surface area contributed by atoms with Gasteiger partial charge in [0.1, 0.15) is 12.0 Å². The lowest BCUT2D eigenvalue weighted by molar-refractivity contribution is 0.103. The lowest BCUT2D eigenvalue weighted by atomic mass is 10.0. The quantitative estimate of drug-likeness (QED) is 0.673. The molecule has 0 atom stereocenters. The maximum atomic E-state index is 12.5. The minimum Gasteiger partial charge on any atom is -0.497 e. The van der Waals surface area contributed by atoms with Gasteiger partial charge in [-0.2, -0.15) is 0 Å². The van der Waals surface area contributed by atoms with Crippen molar-refractivity contribution in [1.82, 2.24) is 0 Å². The second kappa shape index (κ2) is 5.02. The molecule has 0 aliphatic heterocycles. The highest BCUT2D eigenvalue weighted by Gasteiger charge is 2.16. The Morgan fingerprint density at radius 2 is 1.90 bits per heavy atom. The number of fused-ring (bicyclic) bond motifs is 1. The van der Waals surface area contributed by atoms with Gasteiger partial charge in [0, 0.05) is 10.9 Å². The van der Waals surface area contributed by atoms with Gasteiger partial charge >= 0.3 is 0 Å². The summed E-state index contributed by atoms with van der Waals surface area (Å²) in [6.45, 7) is 0. The van der Waals surface area contributed by atoms with E-state index in [0.717, 1.165) is 5.39 Å². The number of ketones is 1. The molecule has 1 heterocycles. The number of carbonyl (C=O) groups excluding carboxylic acids is 1. The number of rotatable bonds is 3. The van der Waals surface area contributed by atoms with E-state index in [4.69, 9.17) is 20.8 Å². The van der Waals surface area contributed by atoms with Crippen molar-refractivity contribution >= 4 is 28.4 Å². The summed E-state index contributed by atoms with van der Waals surface area (Å²) in [5, 5.41) is 1.22. The Hall–Kier alpha value is -2.26. The predicted molar refractivity (Wildman–Crippen MR) is 77.7 cm³/mol. The molecule has 0 amide bonds. The van der Waals surface area contributed by atoms with Crippen molar-refractivity contribution < 1.29 is 13.9 Å². The molecule has 1 aromatic heterocycles. The lowest BCUT2D eigenvalue weighted by Gasteiger charge is -2.02. The molecule has 0 fully saturated rings. The smallest absolute Gasteiger partial charge is 0.196 e. The molecule has 0 aliphatic rings. The zero-order valence-electron chi connectivity index (χ0n) is 10.7. The van der Waals surface area contributed by atoms with Gasteiger partial charge in [0.25, 0.3) is 0 Å². The standard InChI is InChI=1S/C16H11ClO3/c1-19-11-7-5-10(6-8-11)15(18)13-9-20-16-12(13)3-2-4-14(16)17/h2-9H,1H3. The minimum atomic E-state index is -0.103. The summed E-state index contributed by atoms with van der Waals surface area (Å²) in [6.07, 6.45) is 1.45. The van der Waals surface area contributed by atoms with E-state index in [0.29, 0.717) is 27.5 Å². The second-order valence-corrected chi connectivity index (χ2v) is 4.73. The Morgan fingerprint density at radius 1 is 1.15 bits per heavy atom. The molecule has 0 unspecified atom stereocenters. The fourth-order valence-electron chi connectivity index (χ4n) is 2.10. The third-order valence-corrected chi connectivity index (χ3v) is 3.45. The maximum absolute atomic E-state index is 12.5. The summed E-state index contributed by atoms with van der Waals surface area (Å²) in [7, 11) is 1.59. The first-order valence-corrected chi connectivity index (χ1v) is 6.43. The molecule has 3 rings (SSSR count). The van der Waals surface area contributed by atoms with E-state index in [-0.39, 0.29) is 5.78 Å². The molecule has 3 aromatic rings. The Bertz CT molecular complexity index is 772. The van der Waals surface area contributed by atoms with Crippen molar-refractivity contribution in [3.8, 4) is 5.75 Å². The molecule has 20 heavy (non-hydrogen) atoms. The molecule has 4 heteroatoms. The average molecular weight is 287 g/mol. The molecular weight excluding hydrogens is 276 g/mol. The van der Waals surface area contributed by atoms with Gasteiger partial charge in [-0.25, -0.2) is 0 Å². The van der Waals surface area contributed by atoms with Crippen LogP contribution in [0.15, 0.2) is 53.1 Å². The highest BCUT2D eigenvalue weighted by atomic mass is 35.5. The van der Waals surface area contributed by atoms with E-state index in [1.54, 1.807) is 43.5 Å². The van der Waals surface area contributed by atoms with Crippen molar-refractivity contribution in [3.05, 3.63) is 64.9 Å². The van der Waals surface area contributed by atoms with Crippen molar-refractivity contribution in [2.75, 3.05) is 7.11 Å². The number of halogens is 1.